The second-order valence-corrected chi connectivity index (χ2v) is 20.3. The van der Waals surface area contributed by atoms with Crippen molar-refractivity contribution >= 4 is 17.9 Å². The maximum absolute atomic E-state index is 12.8. The highest BCUT2D eigenvalue weighted by molar-refractivity contribution is 5.71. The van der Waals surface area contributed by atoms with Crippen molar-refractivity contribution in [3.05, 3.63) is 36.5 Å². The van der Waals surface area contributed by atoms with E-state index in [1.54, 1.807) is 0 Å². The number of rotatable bonds is 55. The molecule has 0 aliphatic heterocycles. The van der Waals surface area contributed by atoms with E-state index in [1.807, 2.05) is 0 Å². The molecule has 0 aliphatic carbocycles. The minimum Gasteiger partial charge on any atom is -0.462 e. The van der Waals surface area contributed by atoms with Crippen molar-refractivity contribution in [1.29, 1.82) is 0 Å². The van der Waals surface area contributed by atoms with Gasteiger partial charge in [-0.15, -0.1) is 0 Å². The first-order chi connectivity index (χ1) is 33.5. The van der Waals surface area contributed by atoms with Gasteiger partial charge in [0.1, 0.15) is 13.2 Å². The number of allylic oxidation sites excluding steroid dienone is 6. The lowest BCUT2D eigenvalue weighted by Gasteiger charge is -2.18. The molecule has 0 spiro atoms. The molecule has 0 heterocycles. The third-order valence-electron chi connectivity index (χ3n) is 13.4. The van der Waals surface area contributed by atoms with E-state index in [4.69, 9.17) is 14.2 Å². The summed E-state index contributed by atoms with van der Waals surface area (Å²) in [4.78, 5) is 38.0. The number of ether oxygens (including phenoxy) is 3. The van der Waals surface area contributed by atoms with Crippen LogP contribution in [0, 0.1) is 0 Å². The molecule has 0 saturated heterocycles. The van der Waals surface area contributed by atoms with Gasteiger partial charge in [-0.2, -0.15) is 0 Å². The van der Waals surface area contributed by atoms with Crippen molar-refractivity contribution in [3.8, 4) is 0 Å². The maximum Gasteiger partial charge on any atom is 0.306 e. The Morgan fingerprint density at radius 3 is 0.868 bits per heavy atom. The van der Waals surface area contributed by atoms with E-state index < -0.39 is 6.10 Å². The molecule has 1 unspecified atom stereocenters. The largest absolute Gasteiger partial charge is 0.462 e. The highest BCUT2D eigenvalue weighted by Crippen LogP contribution is 2.17. The summed E-state index contributed by atoms with van der Waals surface area (Å²) in [7, 11) is 0. The lowest BCUT2D eigenvalue weighted by molar-refractivity contribution is -0.167. The monoisotopic (exact) mass is 955 g/mol. The van der Waals surface area contributed by atoms with Crippen LogP contribution in [-0.2, 0) is 28.6 Å². The molecule has 6 nitrogen and oxygen atoms in total. The molecule has 0 bridgehead atoms. The lowest BCUT2D eigenvalue weighted by Crippen LogP contribution is -2.30. The van der Waals surface area contributed by atoms with Crippen molar-refractivity contribution < 1.29 is 28.6 Å². The molecular formula is C62H114O6. The first-order valence-corrected chi connectivity index (χ1v) is 30.0. The Morgan fingerprint density at radius 1 is 0.294 bits per heavy atom. The Labute approximate surface area is 423 Å². The Balaban J connectivity index is 4.05. The Bertz CT molecular complexity index is 1140. The van der Waals surface area contributed by atoms with Crippen molar-refractivity contribution in [3.63, 3.8) is 0 Å². The standard InChI is InChI=1S/C62H114O6/c1-4-7-10-13-16-19-22-23-24-25-26-27-28-29-30-31-32-33-34-35-36-37-38-39-41-43-46-49-52-55-61(64)67-58-59(57-66-60(63)54-51-48-45-42-21-18-15-12-9-6-3)68-62(65)56-53-50-47-44-40-20-17-14-11-8-5-2/h14,17,22-23,25-26,59H,4-13,15-16,18-21,24,27-58H2,1-3H3/b17-14-,23-22-,26-25-. The Hall–Kier alpha value is -2.37. The molecule has 6 heteroatoms. The predicted molar refractivity (Wildman–Crippen MR) is 293 cm³/mol. The summed E-state index contributed by atoms with van der Waals surface area (Å²) in [6, 6.07) is 0. The fourth-order valence-corrected chi connectivity index (χ4v) is 8.81. The Kier molecular flexibility index (Phi) is 55.2. The van der Waals surface area contributed by atoms with E-state index in [-0.39, 0.29) is 31.1 Å². The summed E-state index contributed by atoms with van der Waals surface area (Å²) >= 11 is 0. The summed E-state index contributed by atoms with van der Waals surface area (Å²) in [5.41, 5.74) is 0. The quantitative estimate of drug-likeness (QED) is 0.0262. The molecule has 1 atom stereocenters. The van der Waals surface area contributed by atoms with E-state index in [9.17, 15) is 14.4 Å². The van der Waals surface area contributed by atoms with Gasteiger partial charge in [-0.05, 0) is 70.6 Å². The zero-order valence-electron chi connectivity index (χ0n) is 45.6. The zero-order valence-corrected chi connectivity index (χ0v) is 45.6. The smallest absolute Gasteiger partial charge is 0.306 e. The van der Waals surface area contributed by atoms with Crippen LogP contribution in [0.15, 0.2) is 36.5 Å². The third-order valence-corrected chi connectivity index (χ3v) is 13.4. The van der Waals surface area contributed by atoms with Crippen LogP contribution >= 0.6 is 0 Å². The first kappa shape index (κ1) is 65.6. The summed E-state index contributed by atoms with van der Waals surface area (Å²) in [6.07, 6.45) is 68.8. The van der Waals surface area contributed by atoms with Crippen LogP contribution in [0.25, 0.3) is 0 Å². The highest BCUT2D eigenvalue weighted by Gasteiger charge is 2.19. The van der Waals surface area contributed by atoms with Gasteiger partial charge in [0.2, 0.25) is 0 Å². The molecule has 398 valence electrons. The second kappa shape index (κ2) is 57.2. The van der Waals surface area contributed by atoms with Crippen molar-refractivity contribution in [2.24, 2.45) is 0 Å². The number of hydrogen-bond acceptors (Lipinski definition) is 6. The SMILES string of the molecule is CCCC/C=C\CCCCCCCC(=O)OC(COC(=O)CCCCCCCCCCCC)COC(=O)CCCCCCCCCCCCCCCCCCC/C=C\C/C=C\CCCCCCC. The second-order valence-electron chi connectivity index (χ2n) is 20.3. The molecule has 0 amide bonds. The minimum atomic E-state index is -0.770. The highest BCUT2D eigenvalue weighted by atomic mass is 16.6. The van der Waals surface area contributed by atoms with Crippen LogP contribution in [-0.4, -0.2) is 37.2 Å². The van der Waals surface area contributed by atoms with Gasteiger partial charge >= 0.3 is 17.9 Å². The molecular weight excluding hydrogens is 841 g/mol. The van der Waals surface area contributed by atoms with E-state index in [1.165, 1.54) is 212 Å². The number of carbonyl (C=O) groups excluding carboxylic acids is 3. The molecule has 0 aromatic rings. The van der Waals surface area contributed by atoms with Gasteiger partial charge in [-0.1, -0.05) is 269 Å². The number of esters is 3. The third kappa shape index (κ3) is 54.6. The normalized spacial score (nSPS) is 12.2. The van der Waals surface area contributed by atoms with Crippen LogP contribution in [0.4, 0.5) is 0 Å². The average Bonchev–Trinajstić information content (AvgIpc) is 3.34. The topological polar surface area (TPSA) is 78.9 Å². The van der Waals surface area contributed by atoms with Crippen molar-refractivity contribution in [2.45, 2.75) is 329 Å². The molecule has 0 fully saturated rings. The molecule has 0 aromatic carbocycles. The van der Waals surface area contributed by atoms with Crippen LogP contribution in [0.5, 0.6) is 0 Å². The minimum absolute atomic E-state index is 0.0712. The molecule has 0 N–H and O–H groups in total. The maximum atomic E-state index is 12.8. The molecule has 0 aromatic heterocycles. The number of unbranched alkanes of at least 4 members (excludes halogenated alkanes) is 38. The number of hydrogen-bond donors (Lipinski definition) is 0. The first-order valence-electron chi connectivity index (χ1n) is 30.0. The van der Waals surface area contributed by atoms with Gasteiger partial charge < -0.3 is 14.2 Å². The average molecular weight is 956 g/mol. The fourth-order valence-electron chi connectivity index (χ4n) is 8.81. The van der Waals surface area contributed by atoms with Gasteiger partial charge in [0.25, 0.3) is 0 Å². The van der Waals surface area contributed by atoms with Crippen LogP contribution in [0.1, 0.15) is 323 Å². The van der Waals surface area contributed by atoms with Gasteiger partial charge in [-0.25, -0.2) is 0 Å². The molecule has 0 rings (SSSR count). The van der Waals surface area contributed by atoms with Crippen LogP contribution < -0.4 is 0 Å². The summed E-state index contributed by atoms with van der Waals surface area (Å²) < 4.78 is 16.8. The van der Waals surface area contributed by atoms with E-state index >= 15 is 0 Å². The van der Waals surface area contributed by atoms with Crippen molar-refractivity contribution in [2.75, 3.05) is 13.2 Å². The number of carbonyl (C=O) groups is 3. The molecule has 0 radical (unpaired) electrons. The summed E-state index contributed by atoms with van der Waals surface area (Å²) in [6.45, 7) is 6.60. The van der Waals surface area contributed by atoms with E-state index in [0.717, 1.165) is 70.6 Å². The van der Waals surface area contributed by atoms with E-state index in [2.05, 4.69) is 57.2 Å². The Morgan fingerprint density at radius 2 is 0.544 bits per heavy atom. The van der Waals surface area contributed by atoms with E-state index in [0.29, 0.717) is 19.3 Å². The van der Waals surface area contributed by atoms with Crippen LogP contribution in [0.3, 0.4) is 0 Å². The van der Waals surface area contributed by atoms with Gasteiger partial charge in [0.15, 0.2) is 6.10 Å². The van der Waals surface area contributed by atoms with Gasteiger partial charge in [0.05, 0.1) is 0 Å². The molecule has 0 saturated carbocycles. The summed E-state index contributed by atoms with van der Waals surface area (Å²) in [5, 5.41) is 0. The summed E-state index contributed by atoms with van der Waals surface area (Å²) in [5.74, 6) is -0.867. The van der Waals surface area contributed by atoms with Gasteiger partial charge in [0, 0.05) is 19.3 Å². The fraction of sp³-hybridized carbons (Fsp3) is 0.855. The molecule has 0 aliphatic rings. The lowest BCUT2D eigenvalue weighted by atomic mass is 10.0. The molecule has 68 heavy (non-hydrogen) atoms. The van der Waals surface area contributed by atoms with Gasteiger partial charge in [-0.3, -0.25) is 14.4 Å². The predicted octanol–water partition coefficient (Wildman–Crippen LogP) is 20.0. The van der Waals surface area contributed by atoms with Crippen molar-refractivity contribution in [1.82, 2.24) is 0 Å². The zero-order chi connectivity index (χ0) is 49.3. The van der Waals surface area contributed by atoms with Crippen LogP contribution in [0.2, 0.25) is 0 Å².